The summed E-state index contributed by atoms with van der Waals surface area (Å²) in [4.78, 5) is 13.8. The Morgan fingerprint density at radius 2 is 1.84 bits per heavy atom. The maximum Gasteiger partial charge on any atom is 0.348 e. The van der Waals surface area contributed by atoms with Crippen LogP contribution in [0.4, 0.5) is 15.8 Å². The number of nitrogens with zero attached hydrogens (tertiary/aromatic N) is 2. The molecule has 0 amide bonds. The number of carbonyl (C=O) groups is 1. The highest BCUT2D eigenvalue weighted by atomic mass is 32.2. The summed E-state index contributed by atoms with van der Waals surface area (Å²) in [6.45, 7) is 4.60. The number of aromatic carboxylic acids is 1. The Labute approximate surface area is 258 Å². The number of sulfonamides is 1. The summed E-state index contributed by atoms with van der Waals surface area (Å²) in [5.74, 6) is -1.58. The molecule has 0 spiro atoms. The molecule has 0 radical (unpaired) electrons. The number of benzene rings is 2. The van der Waals surface area contributed by atoms with E-state index in [-0.39, 0.29) is 23.0 Å². The molecular formula is C33H41FN2O5S2. The van der Waals surface area contributed by atoms with E-state index in [1.165, 1.54) is 10.7 Å². The quantitative estimate of drug-likeness (QED) is 0.227. The molecule has 1 aliphatic carbocycles. The SMILES string of the molecule is CCCCC[C@@H](C)Oc1cc2c(cc1-c1cc(F)c(C(=O)O)s1)S(=O)(=O)N(C)[C@H](C1CCCCC1)CN2c1ccccc1. The van der Waals surface area contributed by atoms with E-state index in [4.69, 9.17) is 4.74 Å². The molecule has 10 heteroatoms. The third-order valence-electron chi connectivity index (χ3n) is 8.80. The van der Waals surface area contributed by atoms with Gasteiger partial charge >= 0.3 is 5.97 Å². The highest BCUT2D eigenvalue weighted by Gasteiger charge is 2.41. The number of anilines is 2. The van der Waals surface area contributed by atoms with Crippen LogP contribution in [0.25, 0.3) is 10.4 Å². The summed E-state index contributed by atoms with van der Waals surface area (Å²) < 4.78 is 51.6. The number of unbranched alkanes of at least 4 members (excludes halogenated alkanes) is 2. The van der Waals surface area contributed by atoms with Gasteiger partial charge in [0.1, 0.15) is 21.3 Å². The smallest absolute Gasteiger partial charge is 0.348 e. The number of likely N-dealkylation sites (N-methyl/N-ethyl adjacent to an activating group) is 1. The van der Waals surface area contributed by atoms with Gasteiger partial charge in [0, 0.05) is 41.8 Å². The first-order valence-corrected chi connectivity index (χ1v) is 17.6. The second-order valence-electron chi connectivity index (χ2n) is 11.8. The van der Waals surface area contributed by atoms with Crippen LogP contribution in [0.3, 0.4) is 0 Å². The average Bonchev–Trinajstić information content (AvgIpc) is 3.36. The molecule has 2 aliphatic rings. The van der Waals surface area contributed by atoms with Gasteiger partial charge in [-0.2, -0.15) is 4.31 Å². The normalized spacial score (nSPS) is 19.9. The van der Waals surface area contributed by atoms with E-state index in [0.717, 1.165) is 74.5 Å². The number of carboxylic acid groups (broad SMARTS) is 1. The summed E-state index contributed by atoms with van der Waals surface area (Å²) in [6.07, 6.45) is 9.03. The lowest BCUT2D eigenvalue weighted by Gasteiger charge is -2.36. The molecule has 43 heavy (non-hydrogen) atoms. The lowest BCUT2D eigenvalue weighted by Crippen LogP contribution is -2.46. The molecule has 2 aromatic carbocycles. The number of hydrogen-bond acceptors (Lipinski definition) is 6. The van der Waals surface area contributed by atoms with Crippen molar-refractivity contribution in [1.82, 2.24) is 4.31 Å². The predicted molar refractivity (Wildman–Crippen MR) is 170 cm³/mol. The Kier molecular flexibility index (Phi) is 9.78. The van der Waals surface area contributed by atoms with Crippen LogP contribution in [0.1, 0.15) is 81.3 Å². The van der Waals surface area contributed by atoms with E-state index >= 15 is 0 Å². The van der Waals surface area contributed by atoms with Crippen LogP contribution in [0, 0.1) is 11.7 Å². The summed E-state index contributed by atoms with van der Waals surface area (Å²) in [5.41, 5.74) is 1.75. The fraction of sp³-hybridized carbons (Fsp3) is 0.485. The van der Waals surface area contributed by atoms with Crippen molar-refractivity contribution in [2.24, 2.45) is 5.92 Å². The van der Waals surface area contributed by atoms with Crippen LogP contribution in [0.15, 0.2) is 53.4 Å². The van der Waals surface area contributed by atoms with Crippen molar-refractivity contribution in [3.63, 3.8) is 0 Å². The monoisotopic (exact) mass is 628 g/mol. The molecule has 0 unspecified atom stereocenters. The van der Waals surface area contributed by atoms with Gasteiger partial charge in [0.2, 0.25) is 10.0 Å². The van der Waals surface area contributed by atoms with Crippen LogP contribution in [-0.2, 0) is 10.0 Å². The number of hydrogen-bond donors (Lipinski definition) is 1. The molecule has 0 bridgehead atoms. The minimum absolute atomic E-state index is 0.101. The van der Waals surface area contributed by atoms with Crippen molar-refractivity contribution in [1.29, 1.82) is 0 Å². The summed E-state index contributed by atoms with van der Waals surface area (Å²) >= 11 is 0.784. The van der Waals surface area contributed by atoms with Crippen molar-refractivity contribution in [3.05, 3.63) is 59.2 Å². The molecule has 1 fully saturated rings. The average molecular weight is 629 g/mol. The first-order chi connectivity index (χ1) is 20.6. The van der Waals surface area contributed by atoms with Crippen molar-refractivity contribution < 1.29 is 27.4 Å². The van der Waals surface area contributed by atoms with Crippen molar-refractivity contribution in [2.45, 2.75) is 88.7 Å². The molecule has 2 atom stereocenters. The zero-order chi connectivity index (χ0) is 30.7. The van der Waals surface area contributed by atoms with Crippen LogP contribution in [-0.4, -0.2) is 49.5 Å². The van der Waals surface area contributed by atoms with Crippen LogP contribution in [0.5, 0.6) is 5.75 Å². The molecule has 1 aromatic heterocycles. The highest BCUT2D eigenvalue weighted by molar-refractivity contribution is 7.89. The summed E-state index contributed by atoms with van der Waals surface area (Å²) in [6, 6.07) is 14.0. The van der Waals surface area contributed by atoms with Crippen molar-refractivity contribution >= 4 is 38.7 Å². The number of thiophene rings is 1. The Morgan fingerprint density at radius 3 is 2.49 bits per heavy atom. The first-order valence-electron chi connectivity index (χ1n) is 15.3. The van der Waals surface area contributed by atoms with Gasteiger partial charge in [0.15, 0.2) is 0 Å². The van der Waals surface area contributed by atoms with E-state index < -0.39 is 26.7 Å². The Morgan fingerprint density at radius 1 is 1.12 bits per heavy atom. The molecule has 7 nitrogen and oxygen atoms in total. The van der Waals surface area contributed by atoms with Gasteiger partial charge < -0.3 is 14.7 Å². The number of ether oxygens (including phenoxy) is 1. The largest absolute Gasteiger partial charge is 0.490 e. The van der Waals surface area contributed by atoms with Gasteiger partial charge in [-0.05, 0) is 62.8 Å². The van der Waals surface area contributed by atoms with Gasteiger partial charge in [-0.15, -0.1) is 11.3 Å². The van der Waals surface area contributed by atoms with E-state index in [2.05, 4.69) is 11.8 Å². The van der Waals surface area contributed by atoms with E-state index in [9.17, 15) is 22.7 Å². The third kappa shape index (κ3) is 6.61. The van der Waals surface area contributed by atoms with Gasteiger partial charge in [0.05, 0.1) is 11.8 Å². The Hall–Kier alpha value is -2.95. The van der Waals surface area contributed by atoms with E-state index in [1.54, 1.807) is 19.2 Å². The lowest BCUT2D eigenvalue weighted by atomic mass is 9.83. The maximum atomic E-state index is 14.8. The van der Waals surface area contributed by atoms with Crippen LogP contribution >= 0.6 is 11.3 Å². The minimum atomic E-state index is -3.98. The van der Waals surface area contributed by atoms with Gasteiger partial charge in [-0.3, -0.25) is 0 Å². The molecule has 2 heterocycles. The molecular weight excluding hydrogens is 588 g/mol. The molecule has 1 N–H and O–H groups in total. The van der Waals surface area contributed by atoms with Gasteiger partial charge in [-0.25, -0.2) is 17.6 Å². The number of halogens is 1. The Bertz CT molecular complexity index is 1540. The minimum Gasteiger partial charge on any atom is -0.490 e. The predicted octanol–water partition coefficient (Wildman–Crippen LogP) is 8.32. The van der Waals surface area contributed by atoms with E-state index in [0.29, 0.717) is 28.4 Å². The number of para-hydroxylation sites is 1. The molecule has 5 rings (SSSR count). The number of carboxylic acids is 1. The fourth-order valence-electron chi connectivity index (χ4n) is 6.41. The zero-order valence-corrected chi connectivity index (χ0v) is 26.7. The third-order valence-corrected chi connectivity index (χ3v) is 11.8. The van der Waals surface area contributed by atoms with Gasteiger partial charge in [0.25, 0.3) is 0 Å². The zero-order valence-electron chi connectivity index (χ0n) is 25.1. The van der Waals surface area contributed by atoms with Gasteiger partial charge in [-0.1, -0.05) is 57.2 Å². The standard InChI is InChI=1S/C33H41FN2O5S2/c1-4-5-8-13-22(2)41-29-20-27-31(18-25(29)30-19-26(34)32(42-30)33(37)38)43(39,40)35(3)28(23-14-9-6-10-15-23)21-36(27)24-16-11-7-12-17-24/h7,11-12,16-20,22-23,28H,4-6,8-10,13-15,21H2,1-3H3,(H,37,38)/t22-,28+/m1/s1. The second kappa shape index (κ2) is 13.4. The van der Waals surface area contributed by atoms with Crippen molar-refractivity contribution in [3.8, 4) is 16.2 Å². The summed E-state index contributed by atoms with van der Waals surface area (Å²) in [7, 11) is -2.31. The highest BCUT2D eigenvalue weighted by Crippen LogP contribution is 2.47. The number of fused-ring (bicyclic) bond motifs is 1. The molecule has 0 saturated heterocycles. The maximum absolute atomic E-state index is 14.8. The first kappa shape index (κ1) is 31.5. The second-order valence-corrected chi connectivity index (χ2v) is 14.8. The topological polar surface area (TPSA) is 87.1 Å². The molecule has 232 valence electrons. The fourth-order valence-corrected chi connectivity index (χ4v) is 8.91. The molecule has 1 aliphatic heterocycles. The van der Waals surface area contributed by atoms with E-state index in [1.807, 2.05) is 37.3 Å². The van der Waals surface area contributed by atoms with Crippen LogP contribution < -0.4 is 9.64 Å². The lowest BCUT2D eigenvalue weighted by molar-refractivity contribution is 0.0697. The van der Waals surface area contributed by atoms with Crippen LogP contribution in [0.2, 0.25) is 0 Å². The Balaban J connectivity index is 1.70. The molecule has 1 saturated carbocycles. The van der Waals surface area contributed by atoms with Crippen molar-refractivity contribution in [2.75, 3.05) is 18.5 Å². The molecule has 3 aromatic rings. The number of rotatable bonds is 10. The summed E-state index contributed by atoms with van der Waals surface area (Å²) in [5, 5.41) is 9.55.